The van der Waals surface area contributed by atoms with Crippen LogP contribution in [-0.4, -0.2) is 43.8 Å². The first-order valence-electron chi connectivity index (χ1n) is 6.44. The molecule has 1 atom stereocenters. The first-order chi connectivity index (χ1) is 9.75. The van der Waals surface area contributed by atoms with E-state index in [0.717, 1.165) is 25.0 Å². The Hall–Kier alpha value is -2.28. The fraction of sp³-hybridized carbons (Fsp3) is 0.385. The van der Waals surface area contributed by atoms with Crippen LogP contribution < -0.4 is 0 Å². The number of rotatable bonds is 4. The summed E-state index contributed by atoms with van der Waals surface area (Å²) in [6.45, 7) is 1.26. The number of ether oxygens (including phenoxy) is 1. The first kappa shape index (κ1) is 12.7. The van der Waals surface area contributed by atoms with E-state index in [2.05, 4.69) is 15.3 Å². The maximum Gasteiger partial charge on any atom is 0.358 e. The molecule has 7 nitrogen and oxygen atoms in total. The van der Waals surface area contributed by atoms with Crippen molar-refractivity contribution < 1.29 is 14.6 Å². The van der Waals surface area contributed by atoms with E-state index < -0.39 is 5.97 Å². The van der Waals surface area contributed by atoms with Crippen LogP contribution in [0.25, 0.3) is 11.3 Å². The Bertz CT molecular complexity index is 605. The van der Waals surface area contributed by atoms with Crippen LogP contribution in [-0.2, 0) is 11.3 Å². The number of nitrogens with zero attached hydrogens (tertiary/aromatic N) is 4. The van der Waals surface area contributed by atoms with Crippen molar-refractivity contribution in [3.63, 3.8) is 0 Å². The third-order valence-electron chi connectivity index (χ3n) is 3.29. The van der Waals surface area contributed by atoms with Crippen molar-refractivity contribution in [1.29, 1.82) is 0 Å². The zero-order valence-corrected chi connectivity index (χ0v) is 10.8. The molecule has 2 aromatic rings. The molecule has 0 aromatic carbocycles. The van der Waals surface area contributed by atoms with Gasteiger partial charge < -0.3 is 9.84 Å². The molecule has 1 fully saturated rings. The van der Waals surface area contributed by atoms with E-state index in [1.165, 1.54) is 0 Å². The third kappa shape index (κ3) is 2.39. The maximum absolute atomic E-state index is 11.3. The fourth-order valence-corrected chi connectivity index (χ4v) is 2.36. The van der Waals surface area contributed by atoms with Crippen LogP contribution >= 0.6 is 0 Å². The van der Waals surface area contributed by atoms with E-state index in [4.69, 9.17) is 4.74 Å². The lowest BCUT2D eigenvalue weighted by molar-refractivity contribution is 0.0691. The Morgan fingerprint density at radius 3 is 2.90 bits per heavy atom. The summed E-state index contributed by atoms with van der Waals surface area (Å²) in [4.78, 5) is 15.2. The minimum absolute atomic E-state index is 0.0470. The summed E-state index contributed by atoms with van der Waals surface area (Å²) in [5, 5.41) is 17.0. The van der Waals surface area contributed by atoms with E-state index in [9.17, 15) is 9.90 Å². The van der Waals surface area contributed by atoms with Crippen LogP contribution in [0.1, 0.15) is 23.3 Å². The molecule has 3 rings (SSSR count). The van der Waals surface area contributed by atoms with E-state index in [0.29, 0.717) is 12.2 Å². The summed E-state index contributed by atoms with van der Waals surface area (Å²) >= 11 is 0. The van der Waals surface area contributed by atoms with Gasteiger partial charge in [0, 0.05) is 24.6 Å². The smallest absolute Gasteiger partial charge is 0.358 e. The molecule has 7 heteroatoms. The number of carboxylic acid groups (broad SMARTS) is 1. The number of hydrogen-bond donors (Lipinski definition) is 1. The highest BCUT2D eigenvalue weighted by Crippen LogP contribution is 2.23. The average molecular weight is 274 g/mol. The molecule has 1 N–H and O–H groups in total. The molecule has 20 heavy (non-hydrogen) atoms. The van der Waals surface area contributed by atoms with Crippen LogP contribution in [0.15, 0.2) is 24.5 Å². The van der Waals surface area contributed by atoms with Gasteiger partial charge in [0.2, 0.25) is 0 Å². The largest absolute Gasteiger partial charge is 0.476 e. The Kier molecular flexibility index (Phi) is 3.42. The van der Waals surface area contributed by atoms with Crippen molar-refractivity contribution >= 4 is 5.97 Å². The number of pyridine rings is 1. The predicted molar refractivity (Wildman–Crippen MR) is 69.2 cm³/mol. The molecule has 0 bridgehead atoms. The van der Waals surface area contributed by atoms with Gasteiger partial charge in [0.05, 0.1) is 12.6 Å². The van der Waals surface area contributed by atoms with Gasteiger partial charge in [0.1, 0.15) is 5.69 Å². The lowest BCUT2D eigenvalue weighted by Crippen LogP contribution is -2.17. The molecule has 0 amide bonds. The van der Waals surface area contributed by atoms with Crippen LogP contribution in [0.2, 0.25) is 0 Å². The Morgan fingerprint density at radius 2 is 2.25 bits per heavy atom. The lowest BCUT2D eigenvalue weighted by atomic mass is 10.1. The van der Waals surface area contributed by atoms with E-state index in [1.54, 1.807) is 29.2 Å². The lowest BCUT2D eigenvalue weighted by Gasteiger charge is -2.11. The van der Waals surface area contributed by atoms with Crippen LogP contribution in [0.4, 0.5) is 0 Å². The normalized spacial score (nSPS) is 18.3. The van der Waals surface area contributed by atoms with Crippen molar-refractivity contribution in [2.75, 3.05) is 6.61 Å². The Morgan fingerprint density at radius 1 is 1.45 bits per heavy atom. The maximum atomic E-state index is 11.3. The molecule has 3 heterocycles. The summed E-state index contributed by atoms with van der Waals surface area (Å²) in [6.07, 6.45) is 5.28. The number of hydrogen-bond acceptors (Lipinski definition) is 5. The van der Waals surface area contributed by atoms with Gasteiger partial charge in [0.25, 0.3) is 0 Å². The van der Waals surface area contributed by atoms with Crippen molar-refractivity contribution in [3.05, 3.63) is 30.2 Å². The second-order valence-corrected chi connectivity index (χ2v) is 4.64. The number of aromatic carboxylic acids is 1. The molecule has 0 radical (unpaired) electrons. The Balaban J connectivity index is 1.99. The van der Waals surface area contributed by atoms with Gasteiger partial charge in [-0.25, -0.2) is 9.48 Å². The molecule has 2 aromatic heterocycles. The van der Waals surface area contributed by atoms with E-state index in [-0.39, 0.29) is 11.8 Å². The second-order valence-electron chi connectivity index (χ2n) is 4.64. The highest BCUT2D eigenvalue weighted by Gasteiger charge is 2.24. The van der Waals surface area contributed by atoms with Gasteiger partial charge >= 0.3 is 5.97 Å². The molecule has 0 spiro atoms. The molecular formula is C13H14N4O3. The van der Waals surface area contributed by atoms with Gasteiger partial charge in [-0.15, -0.1) is 5.10 Å². The summed E-state index contributed by atoms with van der Waals surface area (Å²) < 4.78 is 7.18. The monoisotopic (exact) mass is 274 g/mol. The molecule has 1 saturated heterocycles. The van der Waals surface area contributed by atoms with Gasteiger partial charge in [0.15, 0.2) is 5.69 Å². The number of carbonyl (C=O) groups is 1. The van der Waals surface area contributed by atoms with Crippen LogP contribution in [0.3, 0.4) is 0 Å². The first-order valence-corrected chi connectivity index (χ1v) is 6.44. The van der Waals surface area contributed by atoms with Crippen LogP contribution in [0, 0.1) is 0 Å². The highest BCUT2D eigenvalue weighted by atomic mass is 16.5. The summed E-state index contributed by atoms with van der Waals surface area (Å²) in [6, 6.07) is 3.49. The number of carboxylic acids is 1. The van der Waals surface area contributed by atoms with E-state index >= 15 is 0 Å². The van der Waals surface area contributed by atoms with E-state index in [1.807, 2.05) is 0 Å². The highest BCUT2D eigenvalue weighted by molar-refractivity contribution is 5.92. The zero-order chi connectivity index (χ0) is 13.9. The molecule has 1 unspecified atom stereocenters. The van der Waals surface area contributed by atoms with Crippen molar-refractivity contribution in [2.45, 2.75) is 25.5 Å². The standard InChI is InChI=1S/C13H14N4O3/c18-13(19)11-12(9-3-5-14-6-4-9)17(16-15-11)8-10-2-1-7-20-10/h3-6,10H,1-2,7-8H2,(H,18,19). The molecule has 1 aliphatic heterocycles. The minimum atomic E-state index is -1.09. The molecule has 1 aliphatic rings. The molecule has 0 saturated carbocycles. The Labute approximate surface area is 115 Å². The summed E-state index contributed by atoms with van der Waals surface area (Å²) in [7, 11) is 0. The van der Waals surface area contributed by atoms with Crippen molar-refractivity contribution in [3.8, 4) is 11.3 Å². The fourth-order valence-electron chi connectivity index (χ4n) is 2.36. The van der Waals surface area contributed by atoms with Crippen molar-refractivity contribution in [2.24, 2.45) is 0 Å². The van der Waals surface area contributed by atoms with Gasteiger partial charge in [-0.05, 0) is 25.0 Å². The SMILES string of the molecule is O=C(O)c1nnn(CC2CCCO2)c1-c1ccncc1. The zero-order valence-electron chi connectivity index (χ0n) is 10.8. The van der Waals surface area contributed by atoms with Crippen LogP contribution in [0.5, 0.6) is 0 Å². The second kappa shape index (κ2) is 5.38. The van der Waals surface area contributed by atoms with Gasteiger partial charge in [-0.1, -0.05) is 5.21 Å². The van der Waals surface area contributed by atoms with Crippen molar-refractivity contribution in [1.82, 2.24) is 20.0 Å². The molecular weight excluding hydrogens is 260 g/mol. The quantitative estimate of drug-likeness (QED) is 0.901. The van der Waals surface area contributed by atoms with Gasteiger partial charge in [-0.3, -0.25) is 4.98 Å². The summed E-state index contributed by atoms with van der Waals surface area (Å²) in [5.41, 5.74) is 1.19. The topological polar surface area (TPSA) is 90.1 Å². The average Bonchev–Trinajstić information content (AvgIpc) is 3.09. The number of aromatic nitrogens is 4. The third-order valence-corrected chi connectivity index (χ3v) is 3.29. The van der Waals surface area contributed by atoms with Gasteiger partial charge in [-0.2, -0.15) is 0 Å². The predicted octanol–water partition coefficient (Wildman–Crippen LogP) is 1.22. The molecule has 0 aliphatic carbocycles. The molecule has 104 valence electrons. The summed E-state index contributed by atoms with van der Waals surface area (Å²) in [5.74, 6) is -1.09. The minimum Gasteiger partial charge on any atom is -0.476 e.